The van der Waals surface area contributed by atoms with Gasteiger partial charge in [0.2, 0.25) is 0 Å². The van der Waals surface area contributed by atoms with Crippen LogP contribution in [-0.2, 0) is 4.79 Å². The fourth-order valence-corrected chi connectivity index (χ4v) is 1.10. The lowest BCUT2D eigenvalue weighted by Crippen LogP contribution is -2.39. The molecule has 0 aliphatic heterocycles. The fourth-order valence-electron chi connectivity index (χ4n) is 0.985. The van der Waals surface area contributed by atoms with Crippen LogP contribution in [0.2, 0.25) is 0 Å². The van der Waals surface area contributed by atoms with Gasteiger partial charge in [0.1, 0.15) is 0 Å². The molecule has 1 atom stereocenters. The van der Waals surface area contributed by atoms with Crippen molar-refractivity contribution in [2.75, 3.05) is 0 Å². The molecule has 0 aromatic heterocycles. The van der Waals surface area contributed by atoms with Crippen LogP contribution in [0.15, 0.2) is 0 Å². The summed E-state index contributed by atoms with van der Waals surface area (Å²) in [6.45, 7) is 5.57. The Balaban J connectivity index is 4.05. The largest absolute Gasteiger partial charge is 0.393 e. The molecule has 0 heterocycles. The van der Waals surface area contributed by atoms with Crippen molar-refractivity contribution < 1.29 is 4.79 Å². The van der Waals surface area contributed by atoms with Gasteiger partial charge < -0.3 is 11.5 Å². The number of ketones is 1. The van der Waals surface area contributed by atoms with Crippen LogP contribution < -0.4 is 11.5 Å². The van der Waals surface area contributed by atoms with E-state index in [1.54, 1.807) is 0 Å². The van der Waals surface area contributed by atoms with Crippen molar-refractivity contribution in [3.63, 3.8) is 0 Å². The van der Waals surface area contributed by atoms with E-state index in [-0.39, 0.29) is 11.2 Å². The molecule has 0 bridgehead atoms. The molecule has 1 unspecified atom stereocenters. The zero-order valence-electron chi connectivity index (χ0n) is 8.46. The lowest BCUT2D eigenvalue weighted by Gasteiger charge is -2.21. The van der Waals surface area contributed by atoms with Gasteiger partial charge in [-0.2, -0.15) is 0 Å². The van der Waals surface area contributed by atoms with E-state index in [2.05, 4.69) is 0 Å². The zero-order chi connectivity index (χ0) is 10.6. The molecule has 3 nitrogen and oxygen atoms in total. The number of carbonyl (C=O) groups is 1. The Bertz CT molecular complexity index is 208. The number of carbonyl (C=O) groups excluding carboxylic acids is 1. The molecule has 0 aromatic carbocycles. The van der Waals surface area contributed by atoms with Gasteiger partial charge >= 0.3 is 0 Å². The first-order chi connectivity index (χ1) is 5.75. The van der Waals surface area contributed by atoms with E-state index < -0.39 is 6.04 Å². The molecule has 0 aromatic rings. The second kappa shape index (κ2) is 4.67. The Kier molecular flexibility index (Phi) is 4.50. The van der Waals surface area contributed by atoms with Crippen LogP contribution in [0.4, 0.5) is 0 Å². The summed E-state index contributed by atoms with van der Waals surface area (Å²) in [6.07, 6.45) is 1.09. The molecule has 0 spiro atoms. The topological polar surface area (TPSA) is 69.1 Å². The highest BCUT2D eigenvalue weighted by Gasteiger charge is 2.26. The molecule has 0 saturated carbocycles. The molecule has 0 fully saturated rings. The Morgan fingerprint density at radius 3 is 2.23 bits per heavy atom. The van der Waals surface area contributed by atoms with Crippen LogP contribution in [0.5, 0.6) is 0 Å². The highest BCUT2D eigenvalue weighted by Crippen LogP contribution is 2.17. The minimum atomic E-state index is -0.443. The van der Waals surface area contributed by atoms with Gasteiger partial charge in [-0.3, -0.25) is 4.79 Å². The third-order valence-corrected chi connectivity index (χ3v) is 1.98. The Hall–Kier alpha value is -0.480. The van der Waals surface area contributed by atoms with Gasteiger partial charge in [0, 0.05) is 5.41 Å². The normalized spacial score (nSPS) is 13.8. The number of hydrogen-bond acceptors (Lipinski definition) is 3. The summed E-state index contributed by atoms with van der Waals surface area (Å²) in [5.41, 5.74) is 10.6. The predicted molar refractivity (Wildman–Crippen MR) is 58.5 cm³/mol. The number of nitrogens with two attached hydrogens (primary N) is 2. The lowest BCUT2D eigenvalue weighted by atomic mass is 9.85. The molecule has 0 saturated heterocycles. The summed E-state index contributed by atoms with van der Waals surface area (Å²) in [5.74, 6) is 0.0590. The van der Waals surface area contributed by atoms with Gasteiger partial charge in [-0.25, -0.2) is 0 Å². The van der Waals surface area contributed by atoms with Crippen molar-refractivity contribution in [3.05, 3.63) is 0 Å². The highest BCUT2D eigenvalue weighted by molar-refractivity contribution is 7.80. The van der Waals surface area contributed by atoms with E-state index in [1.165, 1.54) is 0 Å². The SMILES string of the molecule is CC(C)(C)C(=O)C(N)CCC(N)=S. The summed E-state index contributed by atoms with van der Waals surface area (Å²) in [4.78, 5) is 12.0. The number of Topliss-reactive ketones (excluding diaryl/α,β-unsaturated/α-hetero) is 1. The van der Waals surface area contributed by atoms with Crippen LogP contribution in [0.1, 0.15) is 33.6 Å². The smallest absolute Gasteiger partial charge is 0.154 e. The summed E-state index contributed by atoms with van der Waals surface area (Å²) in [7, 11) is 0. The van der Waals surface area contributed by atoms with Gasteiger partial charge in [0.25, 0.3) is 0 Å². The van der Waals surface area contributed by atoms with Crippen LogP contribution in [0.25, 0.3) is 0 Å². The van der Waals surface area contributed by atoms with Gasteiger partial charge in [0.05, 0.1) is 11.0 Å². The average molecular weight is 202 g/mol. The van der Waals surface area contributed by atoms with E-state index in [9.17, 15) is 4.79 Å². The third kappa shape index (κ3) is 4.95. The Labute approximate surface area is 84.9 Å². The van der Waals surface area contributed by atoms with Crippen molar-refractivity contribution >= 4 is 23.0 Å². The van der Waals surface area contributed by atoms with E-state index in [0.717, 1.165) is 0 Å². The van der Waals surface area contributed by atoms with Crippen LogP contribution in [0, 0.1) is 5.41 Å². The molecule has 0 rings (SSSR count). The van der Waals surface area contributed by atoms with E-state index in [1.807, 2.05) is 20.8 Å². The monoisotopic (exact) mass is 202 g/mol. The van der Waals surface area contributed by atoms with Crippen LogP contribution in [-0.4, -0.2) is 16.8 Å². The van der Waals surface area contributed by atoms with E-state index in [0.29, 0.717) is 17.8 Å². The number of hydrogen-bond donors (Lipinski definition) is 2. The summed E-state index contributed by atoms with van der Waals surface area (Å²) >= 11 is 4.70. The van der Waals surface area contributed by atoms with Crippen LogP contribution >= 0.6 is 12.2 Å². The second-order valence-electron chi connectivity index (χ2n) is 4.23. The quantitative estimate of drug-likeness (QED) is 0.667. The molecule has 13 heavy (non-hydrogen) atoms. The van der Waals surface area contributed by atoms with Crippen molar-refractivity contribution in [2.45, 2.75) is 39.7 Å². The first-order valence-corrected chi connectivity index (χ1v) is 4.74. The molecular formula is C9H18N2OS. The van der Waals surface area contributed by atoms with Gasteiger partial charge in [-0.1, -0.05) is 33.0 Å². The van der Waals surface area contributed by atoms with Crippen molar-refractivity contribution in [2.24, 2.45) is 16.9 Å². The van der Waals surface area contributed by atoms with Crippen molar-refractivity contribution in [1.29, 1.82) is 0 Å². The van der Waals surface area contributed by atoms with Crippen LogP contribution in [0.3, 0.4) is 0 Å². The summed E-state index contributed by atoms with van der Waals surface area (Å²) in [6, 6.07) is -0.443. The summed E-state index contributed by atoms with van der Waals surface area (Å²) < 4.78 is 0. The maximum Gasteiger partial charge on any atom is 0.154 e. The molecule has 0 radical (unpaired) electrons. The maximum absolute atomic E-state index is 11.6. The number of thiocarbonyl (C=S) groups is 1. The first-order valence-electron chi connectivity index (χ1n) is 4.33. The highest BCUT2D eigenvalue weighted by atomic mass is 32.1. The molecular weight excluding hydrogens is 184 g/mol. The molecule has 4 heteroatoms. The summed E-state index contributed by atoms with van der Waals surface area (Å²) in [5, 5.41) is 0. The second-order valence-corrected chi connectivity index (χ2v) is 4.75. The first kappa shape index (κ1) is 12.5. The fraction of sp³-hybridized carbons (Fsp3) is 0.778. The molecule has 0 amide bonds. The molecule has 0 aliphatic carbocycles. The minimum Gasteiger partial charge on any atom is -0.393 e. The zero-order valence-corrected chi connectivity index (χ0v) is 9.28. The van der Waals surface area contributed by atoms with E-state index >= 15 is 0 Å². The van der Waals surface area contributed by atoms with Crippen molar-refractivity contribution in [1.82, 2.24) is 0 Å². The van der Waals surface area contributed by atoms with Gasteiger partial charge in [0.15, 0.2) is 5.78 Å². The molecule has 76 valence electrons. The third-order valence-electron chi connectivity index (χ3n) is 1.78. The minimum absolute atomic E-state index is 0.0590. The number of rotatable bonds is 4. The van der Waals surface area contributed by atoms with Gasteiger partial charge in [-0.15, -0.1) is 0 Å². The molecule has 4 N–H and O–H groups in total. The average Bonchev–Trinajstić information content (AvgIpc) is 1.96. The maximum atomic E-state index is 11.6. The van der Waals surface area contributed by atoms with Gasteiger partial charge in [-0.05, 0) is 12.8 Å². The Morgan fingerprint density at radius 2 is 1.92 bits per heavy atom. The predicted octanol–water partition coefficient (Wildman–Crippen LogP) is 0.995. The standard InChI is InChI=1S/C9H18N2OS/c1-9(2,3)8(12)6(10)4-5-7(11)13/h6H,4-5,10H2,1-3H3,(H2,11,13). The lowest BCUT2D eigenvalue weighted by molar-refractivity contribution is -0.127. The van der Waals surface area contributed by atoms with E-state index in [4.69, 9.17) is 23.7 Å². The van der Waals surface area contributed by atoms with Crippen molar-refractivity contribution in [3.8, 4) is 0 Å². The molecule has 0 aliphatic rings. The Morgan fingerprint density at radius 1 is 1.46 bits per heavy atom.